The summed E-state index contributed by atoms with van der Waals surface area (Å²) in [7, 11) is 0. The van der Waals surface area contributed by atoms with Gasteiger partial charge >= 0.3 is 0 Å². The summed E-state index contributed by atoms with van der Waals surface area (Å²) in [6.07, 6.45) is 0. The zero-order valence-corrected chi connectivity index (χ0v) is 11.6. The number of aliphatic hydroxyl groups is 1. The molecule has 0 aliphatic rings. The number of benzene rings is 2. The molecule has 0 bridgehead atoms. The highest BCUT2D eigenvalue weighted by Gasteiger charge is 2.09. The zero-order valence-electron chi connectivity index (χ0n) is 11.6. The van der Waals surface area contributed by atoms with Crippen LogP contribution in [0.5, 0.6) is 11.5 Å². The van der Waals surface area contributed by atoms with E-state index in [1.54, 1.807) is 4.68 Å². The van der Waals surface area contributed by atoms with Crippen molar-refractivity contribution in [3.05, 3.63) is 66.0 Å². The summed E-state index contributed by atoms with van der Waals surface area (Å²) in [5.41, 5.74) is 2.29. The van der Waals surface area contributed by atoms with Crippen molar-refractivity contribution in [3.8, 4) is 17.2 Å². The Morgan fingerprint density at radius 3 is 2.29 bits per heavy atom. The number of aromatic nitrogens is 3. The van der Waals surface area contributed by atoms with Crippen molar-refractivity contribution >= 4 is 0 Å². The van der Waals surface area contributed by atoms with E-state index in [-0.39, 0.29) is 6.61 Å². The number of hydrogen-bond acceptors (Lipinski definition) is 4. The molecule has 0 aliphatic carbocycles. The van der Waals surface area contributed by atoms with Gasteiger partial charge in [0.15, 0.2) is 0 Å². The lowest BCUT2D eigenvalue weighted by molar-refractivity contribution is 0.276. The smallest absolute Gasteiger partial charge is 0.127 e. The molecule has 2 aromatic carbocycles. The third kappa shape index (κ3) is 2.78. The molecule has 0 saturated heterocycles. The second-order valence-corrected chi connectivity index (χ2v) is 4.60. The summed E-state index contributed by atoms with van der Waals surface area (Å²) in [4.78, 5) is 0. The number of para-hydroxylation sites is 1. The van der Waals surface area contributed by atoms with Gasteiger partial charge in [0.2, 0.25) is 0 Å². The molecule has 106 valence electrons. The van der Waals surface area contributed by atoms with Crippen LogP contribution in [0.15, 0.2) is 54.6 Å². The number of ether oxygens (including phenoxy) is 1. The number of rotatable bonds is 4. The number of hydrogen-bond donors (Lipinski definition) is 1. The van der Waals surface area contributed by atoms with E-state index in [1.807, 2.05) is 61.5 Å². The van der Waals surface area contributed by atoms with E-state index >= 15 is 0 Å². The van der Waals surface area contributed by atoms with Crippen LogP contribution in [0.2, 0.25) is 0 Å². The van der Waals surface area contributed by atoms with Gasteiger partial charge in [0.25, 0.3) is 0 Å². The second-order valence-electron chi connectivity index (χ2n) is 4.60. The van der Waals surface area contributed by atoms with Crippen LogP contribution >= 0.6 is 0 Å². The minimum atomic E-state index is -0.110. The van der Waals surface area contributed by atoms with Gasteiger partial charge in [-0.05, 0) is 43.3 Å². The van der Waals surface area contributed by atoms with E-state index in [2.05, 4.69) is 10.3 Å². The van der Waals surface area contributed by atoms with Gasteiger partial charge in [-0.1, -0.05) is 23.4 Å². The maximum Gasteiger partial charge on any atom is 0.127 e. The molecule has 5 nitrogen and oxygen atoms in total. The molecule has 1 N–H and O–H groups in total. The first-order chi connectivity index (χ1) is 10.3. The summed E-state index contributed by atoms with van der Waals surface area (Å²) in [6.45, 7) is 1.76. The monoisotopic (exact) mass is 281 g/mol. The van der Waals surface area contributed by atoms with Gasteiger partial charge in [0, 0.05) is 0 Å². The van der Waals surface area contributed by atoms with E-state index < -0.39 is 0 Å². The summed E-state index contributed by atoms with van der Waals surface area (Å²) in [6, 6.07) is 17.2. The molecular formula is C16H15N3O2. The normalized spacial score (nSPS) is 10.6. The summed E-state index contributed by atoms with van der Waals surface area (Å²) >= 11 is 0. The first-order valence-electron chi connectivity index (χ1n) is 6.63. The van der Waals surface area contributed by atoms with Crippen molar-refractivity contribution < 1.29 is 9.84 Å². The number of nitrogens with zero attached hydrogens (tertiary/aromatic N) is 3. The lowest BCUT2D eigenvalue weighted by Gasteiger charge is -2.07. The molecule has 5 heteroatoms. The molecule has 0 saturated carbocycles. The maximum absolute atomic E-state index is 9.15. The molecule has 0 aliphatic heterocycles. The van der Waals surface area contributed by atoms with Gasteiger partial charge in [0.05, 0.1) is 18.0 Å². The molecule has 0 radical (unpaired) electrons. The van der Waals surface area contributed by atoms with E-state index in [4.69, 9.17) is 9.84 Å². The second kappa shape index (κ2) is 5.76. The van der Waals surface area contributed by atoms with Gasteiger partial charge in [0.1, 0.15) is 17.2 Å². The Hall–Kier alpha value is -2.66. The zero-order chi connectivity index (χ0) is 14.7. The van der Waals surface area contributed by atoms with Crippen LogP contribution in [0.3, 0.4) is 0 Å². The lowest BCUT2D eigenvalue weighted by atomic mass is 10.3. The van der Waals surface area contributed by atoms with Crippen molar-refractivity contribution in [2.45, 2.75) is 13.5 Å². The van der Waals surface area contributed by atoms with Crippen molar-refractivity contribution in [1.29, 1.82) is 0 Å². The summed E-state index contributed by atoms with van der Waals surface area (Å²) in [5.74, 6) is 1.55. The minimum Gasteiger partial charge on any atom is -0.457 e. The Morgan fingerprint density at radius 2 is 1.67 bits per heavy atom. The van der Waals surface area contributed by atoms with Crippen LogP contribution in [0, 0.1) is 6.92 Å². The van der Waals surface area contributed by atoms with Gasteiger partial charge < -0.3 is 9.84 Å². The van der Waals surface area contributed by atoms with E-state index in [0.717, 1.165) is 22.9 Å². The fourth-order valence-corrected chi connectivity index (χ4v) is 2.03. The van der Waals surface area contributed by atoms with Crippen molar-refractivity contribution in [2.24, 2.45) is 0 Å². The van der Waals surface area contributed by atoms with Crippen LogP contribution < -0.4 is 4.74 Å². The van der Waals surface area contributed by atoms with Crippen molar-refractivity contribution in [1.82, 2.24) is 15.0 Å². The van der Waals surface area contributed by atoms with Crippen LogP contribution in [-0.4, -0.2) is 20.1 Å². The predicted molar refractivity (Wildman–Crippen MR) is 78.5 cm³/mol. The summed E-state index contributed by atoms with van der Waals surface area (Å²) < 4.78 is 7.43. The standard InChI is InChI=1S/C16H15N3O2/c1-12-16(11-20)17-18-19(12)13-7-9-15(10-8-13)21-14-5-3-2-4-6-14/h2-10,20H,11H2,1H3. The van der Waals surface area contributed by atoms with Gasteiger partial charge in [-0.2, -0.15) is 0 Å². The van der Waals surface area contributed by atoms with Gasteiger partial charge in [-0.25, -0.2) is 4.68 Å². The predicted octanol–water partition coefficient (Wildman–Crippen LogP) is 2.86. The van der Waals surface area contributed by atoms with Crippen LogP contribution in [0.25, 0.3) is 5.69 Å². The largest absolute Gasteiger partial charge is 0.457 e. The molecule has 1 aromatic heterocycles. The Morgan fingerprint density at radius 1 is 1.00 bits per heavy atom. The molecule has 0 unspecified atom stereocenters. The average molecular weight is 281 g/mol. The third-order valence-corrected chi connectivity index (χ3v) is 3.20. The topological polar surface area (TPSA) is 60.2 Å². The molecule has 0 fully saturated rings. The molecular weight excluding hydrogens is 266 g/mol. The quantitative estimate of drug-likeness (QED) is 0.799. The molecule has 0 atom stereocenters. The van der Waals surface area contributed by atoms with Crippen LogP contribution in [0.4, 0.5) is 0 Å². The van der Waals surface area contributed by atoms with Crippen molar-refractivity contribution in [2.75, 3.05) is 0 Å². The first kappa shape index (κ1) is 13.3. The fraction of sp³-hybridized carbons (Fsp3) is 0.125. The SMILES string of the molecule is Cc1c(CO)nnn1-c1ccc(Oc2ccccc2)cc1. The lowest BCUT2D eigenvalue weighted by Crippen LogP contribution is -1.99. The highest BCUT2D eigenvalue weighted by atomic mass is 16.5. The third-order valence-electron chi connectivity index (χ3n) is 3.20. The van der Waals surface area contributed by atoms with Gasteiger partial charge in [-0.3, -0.25) is 0 Å². The highest BCUT2D eigenvalue weighted by molar-refractivity contribution is 5.40. The molecule has 3 aromatic rings. The van der Waals surface area contributed by atoms with Crippen molar-refractivity contribution in [3.63, 3.8) is 0 Å². The Balaban J connectivity index is 1.82. The van der Waals surface area contributed by atoms with E-state index in [1.165, 1.54) is 0 Å². The molecule has 3 rings (SSSR count). The Labute approximate surface area is 122 Å². The fourth-order valence-electron chi connectivity index (χ4n) is 2.03. The number of aliphatic hydroxyl groups excluding tert-OH is 1. The van der Waals surface area contributed by atoms with E-state index in [9.17, 15) is 0 Å². The Bertz CT molecular complexity index is 721. The highest BCUT2D eigenvalue weighted by Crippen LogP contribution is 2.22. The van der Waals surface area contributed by atoms with Crippen LogP contribution in [0.1, 0.15) is 11.4 Å². The molecule has 1 heterocycles. The first-order valence-corrected chi connectivity index (χ1v) is 6.63. The minimum absolute atomic E-state index is 0.110. The molecule has 21 heavy (non-hydrogen) atoms. The van der Waals surface area contributed by atoms with Crippen LogP contribution in [-0.2, 0) is 6.61 Å². The summed E-state index contributed by atoms with van der Waals surface area (Å²) in [5, 5.41) is 17.1. The molecule has 0 spiro atoms. The van der Waals surface area contributed by atoms with Gasteiger partial charge in [-0.15, -0.1) is 5.10 Å². The Kier molecular flexibility index (Phi) is 3.66. The maximum atomic E-state index is 9.15. The molecule has 0 amide bonds. The average Bonchev–Trinajstić information content (AvgIpc) is 2.90. The van der Waals surface area contributed by atoms with E-state index in [0.29, 0.717) is 5.69 Å².